The lowest BCUT2D eigenvalue weighted by molar-refractivity contribution is -0.157. The fourth-order valence-electron chi connectivity index (χ4n) is 4.03. The Bertz CT molecular complexity index is 1360. The molecule has 0 aliphatic carbocycles. The second-order valence-corrected chi connectivity index (χ2v) is 9.02. The zero-order valence-corrected chi connectivity index (χ0v) is 23.7. The van der Waals surface area contributed by atoms with Crippen LogP contribution < -0.4 is 10.1 Å². The number of amides is 2. The lowest BCUT2D eigenvalue weighted by Crippen LogP contribution is -2.55. The molecule has 1 atom stereocenters. The summed E-state index contributed by atoms with van der Waals surface area (Å²) in [4.78, 5) is 67.9. The molecule has 1 aliphatic heterocycles. The minimum atomic E-state index is -1.21. The van der Waals surface area contributed by atoms with E-state index in [1.807, 2.05) is 6.07 Å². The number of hydroxylamine groups is 2. The number of aliphatic carboxylic acids is 1. The molecule has 0 unspecified atom stereocenters. The molecule has 0 bridgehead atoms. The maximum absolute atomic E-state index is 13.3. The van der Waals surface area contributed by atoms with E-state index >= 15 is 0 Å². The second-order valence-electron chi connectivity index (χ2n) is 9.02. The summed E-state index contributed by atoms with van der Waals surface area (Å²) >= 11 is 0. The number of rotatable bonds is 13. The average Bonchev–Trinajstić information content (AvgIpc) is 3.43. The van der Waals surface area contributed by atoms with E-state index in [2.05, 4.69) is 10.4 Å². The third kappa shape index (κ3) is 9.43. The second kappa shape index (κ2) is 15.7. The molecule has 0 radical (unpaired) electrons. The Kier molecular flexibility index (Phi) is 11.8. The molecule has 1 aliphatic rings. The van der Waals surface area contributed by atoms with E-state index in [0.717, 1.165) is 0 Å². The molecule has 43 heavy (non-hydrogen) atoms. The van der Waals surface area contributed by atoms with Crippen LogP contribution in [0.1, 0.15) is 42.7 Å². The molecule has 230 valence electrons. The first-order valence-corrected chi connectivity index (χ1v) is 13.4. The standard InChI is InChI=1S/C27H32N6O10/c1-3-40-24(36)17-42-22-15-21(30-33(22)19-7-5-6-18(14-19)16-28)25(37)29-20(8-9-23(34)35)26(38)31-10-12-32(13-11-31)43-27(39)41-4-2/h5-7,14-15,20H,3-4,8-13,17H2,1-2H3,(H,29,37)(H,34,35)/t20-/m0/s1. The molecule has 1 saturated heterocycles. The van der Waals surface area contributed by atoms with Gasteiger partial charge >= 0.3 is 18.1 Å². The van der Waals surface area contributed by atoms with Crippen molar-refractivity contribution < 1.29 is 48.1 Å². The first kappa shape index (κ1) is 32.3. The normalized spacial score (nSPS) is 13.7. The van der Waals surface area contributed by atoms with Gasteiger partial charge in [0.2, 0.25) is 11.8 Å². The number of nitrogens with zero attached hydrogens (tertiary/aromatic N) is 5. The Morgan fingerprint density at radius 3 is 2.44 bits per heavy atom. The topological polar surface area (TPSA) is 203 Å². The third-order valence-electron chi connectivity index (χ3n) is 6.04. The summed E-state index contributed by atoms with van der Waals surface area (Å²) in [6.07, 6.45) is -1.46. The molecule has 1 fully saturated rings. The van der Waals surface area contributed by atoms with Gasteiger partial charge in [0.05, 0.1) is 43.6 Å². The smallest absolute Gasteiger partial charge is 0.481 e. The van der Waals surface area contributed by atoms with Crippen molar-refractivity contribution in [1.29, 1.82) is 5.26 Å². The Morgan fingerprint density at radius 1 is 1.07 bits per heavy atom. The molecule has 3 rings (SSSR count). The minimum absolute atomic E-state index is 0.0144. The molecule has 1 aromatic carbocycles. The van der Waals surface area contributed by atoms with Gasteiger partial charge in [0.25, 0.3) is 5.91 Å². The van der Waals surface area contributed by atoms with Crippen LogP contribution in [0.4, 0.5) is 4.79 Å². The summed E-state index contributed by atoms with van der Waals surface area (Å²) in [5.41, 5.74) is 0.475. The van der Waals surface area contributed by atoms with Gasteiger partial charge in [-0.25, -0.2) is 14.3 Å². The lowest BCUT2D eigenvalue weighted by atomic mass is 10.1. The number of nitrogens with one attached hydrogen (secondary N) is 1. The summed E-state index contributed by atoms with van der Waals surface area (Å²) in [6.45, 7) is 3.72. The van der Waals surface area contributed by atoms with Crippen LogP contribution in [0.5, 0.6) is 5.88 Å². The quantitative estimate of drug-likeness (QED) is 0.307. The fraction of sp³-hybridized carbons (Fsp3) is 0.444. The third-order valence-corrected chi connectivity index (χ3v) is 6.04. The minimum Gasteiger partial charge on any atom is -0.481 e. The number of esters is 1. The number of ether oxygens (including phenoxy) is 3. The van der Waals surface area contributed by atoms with E-state index in [9.17, 15) is 34.3 Å². The van der Waals surface area contributed by atoms with Crippen molar-refractivity contribution >= 4 is 29.9 Å². The van der Waals surface area contributed by atoms with Gasteiger partial charge in [0.15, 0.2) is 12.3 Å². The molecule has 2 N–H and O–H groups in total. The maximum atomic E-state index is 13.3. The van der Waals surface area contributed by atoms with Crippen LogP contribution in [0.15, 0.2) is 30.3 Å². The molecule has 2 heterocycles. The van der Waals surface area contributed by atoms with Crippen LogP contribution in [0, 0.1) is 11.3 Å². The van der Waals surface area contributed by atoms with E-state index < -0.39 is 49.0 Å². The number of benzene rings is 1. The van der Waals surface area contributed by atoms with Crippen molar-refractivity contribution in [3.8, 4) is 17.6 Å². The Balaban J connectivity index is 1.78. The predicted molar refractivity (Wildman–Crippen MR) is 145 cm³/mol. The van der Waals surface area contributed by atoms with E-state index in [-0.39, 0.29) is 57.4 Å². The van der Waals surface area contributed by atoms with Crippen molar-refractivity contribution in [1.82, 2.24) is 25.1 Å². The highest BCUT2D eigenvalue weighted by Crippen LogP contribution is 2.21. The van der Waals surface area contributed by atoms with Gasteiger partial charge < -0.3 is 34.4 Å². The van der Waals surface area contributed by atoms with Crippen LogP contribution in [0.25, 0.3) is 5.69 Å². The van der Waals surface area contributed by atoms with Gasteiger partial charge in [0, 0.05) is 25.6 Å². The summed E-state index contributed by atoms with van der Waals surface area (Å²) in [5, 5.41) is 26.7. The summed E-state index contributed by atoms with van der Waals surface area (Å²) < 4.78 is 16.4. The van der Waals surface area contributed by atoms with Gasteiger partial charge in [-0.2, -0.15) is 10.4 Å². The van der Waals surface area contributed by atoms with Crippen LogP contribution in [-0.2, 0) is 28.7 Å². The molecule has 2 aromatic rings. The van der Waals surface area contributed by atoms with Crippen LogP contribution in [0.3, 0.4) is 0 Å². The zero-order chi connectivity index (χ0) is 31.4. The number of piperazine rings is 1. The van der Waals surface area contributed by atoms with Crippen molar-refractivity contribution in [3.63, 3.8) is 0 Å². The summed E-state index contributed by atoms with van der Waals surface area (Å²) in [6, 6.07) is 8.32. The Labute approximate surface area is 246 Å². The highest BCUT2D eigenvalue weighted by atomic mass is 16.8. The number of carbonyl (C=O) groups excluding carboxylic acids is 4. The van der Waals surface area contributed by atoms with Crippen LogP contribution >= 0.6 is 0 Å². The van der Waals surface area contributed by atoms with E-state index in [4.69, 9.17) is 19.0 Å². The number of carbonyl (C=O) groups is 5. The Hall–Kier alpha value is -5.17. The van der Waals surface area contributed by atoms with Crippen LogP contribution in [0.2, 0.25) is 0 Å². The number of aromatic nitrogens is 2. The molecular formula is C27H32N6O10. The molecule has 16 nitrogen and oxygen atoms in total. The number of nitriles is 1. The molecular weight excluding hydrogens is 568 g/mol. The monoisotopic (exact) mass is 600 g/mol. The van der Waals surface area contributed by atoms with Gasteiger partial charge in [-0.15, -0.1) is 5.06 Å². The average molecular weight is 601 g/mol. The highest BCUT2D eigenvalue weighted by molar-refractivity contribution is 5.96. The van der Waals surface area contributed by atoms with E-state index in [1.54, 1.807) is 32.0 Å². The number of carboxylic acids is 1. The largest absolute Gasteiger partial charge is 0.527 e. The van der Waals surface area contributed by atoms with Gasteiger partial charge in [-0.1, -0.05) is 6.07 Å². The molecule has 16 heteroatoms. The van der Waals surface area contributed by atoms with Crippen molar-refractivity contribution in [2.45, 2.75) is 32.7 Å². The number of hydrogen-bond donors (Lipinski definition) is 2. The highest BCUT2D eigenvalue weighted by Gasteiger charge is 2.31. The Morgan fingerprint density at radius 2 is 1.79 bits per heavy atom. The van der Waals surface area contributed by atoms with E-state index in [1.165, 1.54) is 26.8 Å². The van der Waals surface area contributed by atoms with Crippen molar-refractivity contribution in [3.05, 3.63) is 41.6 Å². The molecule has 1 aromatic heterocycles. The predicted octanol–water partition coefficient (Wildman–Crippen LogP) is 0.881. The molecule has 0 spiro atoms. The first-order valence-electron chi connectivity index (χ1n) is 13.4. The van der Waals surface area contributed by atoms with Crippen molar-refractivity contribution in [2.75, 3.05) is 46.0 Å². The SMILES string of the molecule is CCOC(=O)COc1cc(C(=O)N[C@@H](CCC(=O)O)C(=O)N2CCN(OC(=O)OCC)CC2)nn1-c1cccc(C#N)c1. The van der Waals surface area contributed by atoms with Gasteiger partial charge in [-0.05, 0) is 38.5 Å². The molecule has 2 amide bonds. The molecule has 0 saturated carbocycles. The van der Waals surface area contributed by atoms with Crippen molar-refractivity contribution in [2.24, 2.45) is 0 Å². The summed E-state index contributed by atoms with van der Waals surface area (Å²) in [5.74, 6) is -3.15. The lowest BCUT2D eigenvalue weighted by Gasteiger charge is -2.35. The van der Waals surface area contributed by atoms with Gasteiger partial charge in [-0.3, -0.25) is 14.4 Å². The fourth-order valence-corrected chi connectivity index (χ4v) is 4.03. The van der Waals surface area contributed by atoms with Gasteiger partial charge in [0.1, 0.15) is 6.04 Å². The van der Waals surface area contributed by atoms with E-state index in [0.29, 0.717) is 11.3 Å². The maximum Gasteiger partial charge on any atom is 0.527 e. The zero-order valence-electron chi connectivity index (χ0n) is 23.7. The number of hydrogen-bond acceptors (Lipinski definition) is 12. The summed E-state index contributed by atoms with van der Waals surface area (Å²) in [7, 11) is 0. The number of carboxylic acid groups (broad SMARTS) is 1. The van der Waals surface area contributed by atoms with Crippen LogP contribution in [-0.4, -0.2) is 107 Å². The first-order chi connectivity index (χ1) is 20.6.